The molecule has 0 bridgehead atoms. The van der Waals surface area contributed by atoms with Gasteiger partial charge in [-0.05, 0) is 38.6 Å². The SMILES string of the molecule is CCOc1ccc2nc(C(CC)N(CC)CC)[nH]c2c1. The van der Waals surface area contributed by atoms with Crippen LogP contribution in [0, 0.1) is 0 Å². The van der Waals surface area contributed by atoms with Crippen LogP contribution in [-0.2, 0) is 0 Å². The van der Waals surface area contributed by atoms with E-state index < -0.39 is 0 Å². The Balaban J connectivity index is 2.34. The van der Waals surface area contributed by atoms with E-state index in [1.807, 2.05) is 25.1 Å². The number of aromatic amines is 1. The number of hydrogen-bond donors (Lipinski definition) is 1. The highest BCUT2D eigenvalue weighted by atomic mass is 16.5. The van der Waals surface area contributed by atoms with Crippen LogP contribution in [0.5, 0.6) is 5.75 Å². The summed E-state index contributed by atoms with van der Waals surface area (Å²) in [5, 5.41) is 0. The molecule has 0 aliphatic carbocycles. The van der Waals surface area contributed by atoms with Gasteiger partial charge < -0.3 is 9.72 Å². The molecule has 1 N–H and O–H groups in total. The van der Waals surface area contributed by atoms with Crippen LogP contribution < -0.4 is 4.74 Å². The minimum Gasteiger partial charge on any atom is -0.494 e. The predicted octanol–water partition coefficient (Wildman–Crippen LogP) is 3.75. The van der Waals surface area contributed by atoms with Crippen molar-refractivity contribution in [2.75, 3.05) is 19.7 Å². The van der Waals surface area contributed by atoms with Gasteiger partial charge in [-0.15, -0.1) is 0 Å². The molecule has 0 radical (unpaired) electrons. The van der Waals surface area contributed by atoms with Gasteiger partial charge in [0.05, 0.1) is 23.7 Å². The third-order valence-corrected chi connectivity index (χ3v) is 3.74. The van der Waals surface area contributed by atoms with Crippen molar-refractivity contribution in [3.8, 4) is 5.75 Å². The second-order valence-corrected chi connectivity index (χ2v) is 4.88. The highest BCUT2D eigenvalue weighted by molar-refractivity contribution is 5.76. The topological polar surface area (TPSA) is 41.1 Å². The molecule has 0 spiro atoms. The number of hydrogen-bond acceptors (Lipinski definition) is 3. The fourth-order valence-electron chi connectivity index (χ4n) is 2.71. The lowest BCUT2D eigenvalue weighted by Gasteiger charge is -2.26. The Morgan fingerprint density at radius 3 is 2.55 bits per heavy atom. The third kappa shape index (κ3) is 2.96. The van der Waals surface area contributed by atoms with Crippen molar-refractivity contribution in [2.45, 2.75) is 40.2 Å². The maximum Gasteiger partial charge on any atom is 0.124 e. The Bertz CT molecular complexity index is 546. The normalized spacial score (nSPS) is 13.1. The van der Waals surface area contributed by atoms with Gasteiger partial charge in [0, 0.05) is 6.07 Å². The van der Waals surface area contributed by atoms with Gasteiger partial charge in [0.25, 0.3) is 0 Å². The van der Waals surface area contributed by atoms with E-state index in [9.17, 15) is 0 Å². The van der Waals surface area contributed by atoms with Crippen LogP contribution in [0.25, 0.3) is 11.0 Å². The Morgan fingerprint density at radius 2 is 1.95 bits per heavy atom. The minimum absolute atomic E-state index is 0.355. The quantitative estimate of drug-likeness (QED) is 0.836. The smallest absolute Gasteiger partial charge is 0.124 e. The first-order valence-corrected chi connectivity index (χ1v) is 7.59. The van der Waals surface area contributed by atoms with E-state index in [0.717, 1.165) is 42.1 Å². The van der Waals surface area contributed by atoms with Crippen molar-refractivity contribution in [3.05, 3.63) is 24.0 Å². The molecule has 1 atom stereocenters. The Hall–Kier alpha value is -1.55. The highest BCUT2D eigenvalue weighted by Crippen LogP contribution is 2.26. The largest absolute Gasteiger partial charge is 0.494 e. The average Bonchev–Trinajstić information content (AvgIpc) is 2.87. The van der Waals surface area contributed by atoms with E-state index in [1.165, 1.54) is 0 Å². The number of ether oxygens (including phenoxy) is 1. The molecular weight excluding hydrogens is 250 g/mol. The Labute approximate surface area is 121 Å². The summed E-state index contributed by atoms with van der Waals surface area (Å²) < 4.78 is 5.54. The number of nitrogens with zero attached hydrogens (tertiary/aromatic N) is 2. The van der Waals surface area contributed by atoms with E-state index in [-0.39, 0.29) is 0 Å². The number of H-pyrrole nitrogens is 1. The molecule has 0 saturated heterocycles. The van der Waals surface area contributed by atoms with Gasteiger partial charge in [-0.1, -0.05) is 20.8 Å². The highest BCUT2D eigenvalue weighted by Gasteiger charge is 2.19. The standard InChI is InChI=1S/C16H25N3O/c1-5-15(19(6-2)7-3)16-17-13-10-9-12(20-8-4)11-14(13)18-16/h9-11,15H,5-8H2,1-4H3,(H,17,18). The molecule has 20 heavy (non-hydrogen) atoms. The lowest BCUT2D eigenvalue weighted by Crippen LogP contribution is -2.28. The van der Waals surface area contributed by atoms with Gasteiger partial charge in [-0.3, -0.25) is 4.90 Å². The molecule has 1 aromatic carbocycles. The summed E-state index contributed by atoms with van der Waals surface area (Å²) in [7, 11) is 0. The maximum atomic E-state index is 5.54. The van der Waals surface area contributed by atoms with Crippen molar-refractivity contribution < 1.29 is 4.74 Å². The van der Waals surface area contributed by atoms with Crippen molar-refractivity contribution in [1.29, 1.82) is 0 Å². The minimum atomic E-state index is 0.355. The number of rotatable bonds is 7. The lowest BCUT2D eigenvalue weighted by atomic mass is 10.2. The number of nitrogens with one attached hydrogen (secondary N) is 1. The number of fused-ring (bicyclic) bond motifs is 1. The first kappa shape index (κ1) is 14.9. The second kappa shape index (κ2) is 6.75. The summed E-state index contributed by atoms with van der Waals surface area (Å²) in [4.78, 5) is 10.6. The molecule has 4 heteroatoms. The zero-order valence-electron chi connectivity index (χ0n) is 12.9. The van der Waals surface area contributed by atoms with Crippen LogP contribution in [0.3, 0.4) is 0 Å². The predicted molar refractivity (Wildman–Crippen MR) is 83.2 cm³/mol. The van der Waals surface area contributed by atoms with Gasteiger partial charge in [0.1, 0.15) is 11.6 Å². The first-order chi connectivity index (χ1) is 9.73. The molecule has 1 heterocycles. The van der Waals surface area contributed by atoms with Crippen LogP contribution in [0.15, 0.2) is 18.2 Å². The molecule has 0 amide bonds. The van der Waals surface area contributed by atoms with E-state index >= 15 is 0 Å². The van der Waals surface area contributed by atoms with Crippen LogP contribution >= 0.6 is 0 Å². The summed E-state index contributed by atoms with van der Waals surface area (Å²) >= 11 is 0. The number of benzene rings is 1. The summed E-state index contributed by atoms with van der Waals surface area (Å²) in [6.07, 6.45) is 1.06. The van der Waals surface area contributed by atoms with Crippen LogP contribution in [0.1, 0.15) is 46.0 Å². The average molecular weight is 275 g/mol. The fourth-order valence-corrected chi connectivity index (χ4v) is 2.71. The molecule has 2 rings (SSSR count). The van der Waals surface area contributed by atoms with Gasteiger partial charge >= 0.3 is 0 Å². The van der Waals surface area contributed by atoms with Gasteiger partial charge in [0.15, 0.2) is 0 Å². The van der Waals surface area contributed by atoms with Crippen molar-refractivity contribution in [2.24, 2.45) is 0 Å². The van der Waals surface area contributed by atoms with Gasteiger partial charge in [-0.25, -0.2) is 4.98 Å². The molecule has 0 fully saturated rings. The molecule has 4 nitrogen and oxygen atoms in total. The second-order valence-electron chi connectivity index (χ2n) is 4.88. The monoisotopic (exact) mass is 275 g/mol. The summed E-state index contributed by atoms with van der Waals surface area (Å²) in [5.74, 6) is 1.95. The molecule has 0 saturated carbocycles. The number of aromatic nitrogens is 2. The molecule has 0 aliphatic heterocycles. The van der Waals surface area contributed by atoms with Crippen molar-refractivity contribution in [3.63, 3.8) is 0 Å². The van der Waals surface area contributed by atoms with E-state index in [0.29, 0.717) is 12.6 Å². The van der Waals surface area contributed by atoms with Gasteiger partial charge in [0.2, 0.25) is 0 Å². The van der Waals surface area contributed by atoms with Crippen molar-refractivity contribution >= 4 is 11.0 Å². The summed E-state index contributed by atoms with van der Waals surface area (Å²) in [6, 6.07) is 6.39. The third-order valence-electron chi connectivity index (χ3n) is 3.74. The number of imidazole rings is 1. The van der Waals surface area contributed by atoms with Gasteiger partial charge in [-0.2, -0.15) is 0 Å². The molecule has 110 valence electrons. The van der Waals surface area contributed by atoms with Crippen molar-refractivity contribution in [1.82, 2.24) is 14.9 Å². The molecule has 0 aliphatic rings. The molecular formula is C16H25N3O. The summed E-state index contributed by atoms with van der Waals surface area (Å²) in [5.41, 5.74) is 2.06. The maximum absolute atomic E-state index is 5.54. The van der Waals surface area contributed by atoms with E-state index in [4.69, 9.17) is 9.72 Å². The van der Waals surface area contributed by atoms with E-state index in [2.05, 4.69) is 30.7 Å². The molecule has 1 aromatic heterocycles. The first-order valence-electron chi connectivity index (χ1n) is 7.59. The Kier molecular flexibility index (Phi) is 5.01. The summed E-state index contributed by atoms with van der Waals surface area (Å²) in [6.45, 7) is 11.4. The zero-order chi connectivity index (χ0) is 14.5. The van der Waals surface area contributed by atoms with E-state index in [1.54, 1.807) is 0 Å². The van der Waals surface area contributed by atoms with Crippen LogP contribution in [0.4, 0.5) is 0 Å². The van der Waals surface area contributed by atoms with Crippen LogP contribution in [0.2, 0.25) is 0 Å². The van der Waals surface area contributed by atoms with Crippen LogP contribution in [-0.4, -0.2) is 34.6 Å². The Morgan fingerprint density at radius 1 is 1.20 bits per heavy atom. The molecule has 1 unspecified atom stereocenters. The zero-order valence-corrected chi connectivity index (χ0v) is 12.9. The lowest BCUT2D eigenvalue weighted by molar-refractivity contribution is 0.206. The fraction of sp³-hybridized carbons (Fsp3) is 0.562. The molecule has 2 aromatic rings.